The highest BCUT2D eigenvalue weighted by Gasteiger charge is 2.66. The summed E-state index contributed by atoms with van der Waals surface area (Å²) < 4.78 is 6.44. The molecule has 134 valence electrons. The number of hydrogen-bond donors (Lipinski definition) is 0. The van der Waals surface area contributed by atoms with Gasteiger partial charge in [0.15, 0.2) is 5.78 Å². The van der Waals surface area contributed by atoms with E-state index < -0.39 is 0 Å². The summed E-state index contributed by atoms with van der Waals surface area (Å²) in [5.41, 5.74) is 4.27. The van der Waals surface area contributed by atoms with Gasteiger partial charge >= 0.3 is 0 Å². The maximum atomic E-state index is 11.9. The molecule has 4 aliphatic carbocycles. The van der Waals surface area contributed by atoms with Crippen LogP contribution >= 0.6 is 0 Å². The lowest BCUT2D eigenvalue weighted by Gasteiger charge is -2.57. The SMILES string of the molecule is C=C1C[C@@]2(C)[C@@H](CC[C@]23OCCC3=C)[C@@H]2CCC3=CC(=O)CC[C@@H]3[C@@H]12. The van der Waals surface area contributed by atoms with Crippen molar-refractivity contribution in [2.24, 2.45) is 29.1 Å². The van der Waals surface area contributed by atoms with Crippen LogP contribution in [0, 0.1) is 29.1 Å². The molecule has 2 nitrogen and oxygen atoms in total. The van der Waals surface area contributed by atoms with Crippen LogP contribution < -0.4 is 0 Å². The highest BCUT2D eigenvalue weighted by molar-refractivity contribution is 5.91. The molecule has 4 fully saturated rings. The van der Waals surface area contributed by atoms with E-state index in [-0.39, 0.29) is 11.0 Å². The highest BCUT2D eigenvalue weighted by atomic mass is 16.5. The molecule has 0 aromatic heterocycles. The summed E-state index contributed by atoms with van der Waals surface area (Å²) in [5, 5.41) is 0. The van der Waals surface area contributed by atoms with Gasteiger partial charge < -0.3 is 4.74 Å². The first kappa shape index (κ1) is 16.1. The fraction of sp³-hybridized carbons (Fsp3) is 0.696. The Morgan fingerprint density at radius 2 is 2.00 bits per heavy atom. The third-order valence-corrected chi connectivity index (χ3v) is 8.64. The van der Waals surface area contributed by atoms with E-state index in [4.69, 9.17) is 4.74 Å². The van der Waals surface area contributed by atoms with E-state index in [9.17, 15) is 4.79 Å². The van der Waals surface area contributed by atoms with E-state index >= 15 is 0 Å². The smallest absolute Gasteiger partial charge is 0.155 e. The van der Waals surface area contributed by atoms with Gasteiger partial charge in [-0.25, -0.2) is 0 Å². The van der Waals surface area contributed by atoms with Crippen LogP contribution in [0.2, 0.25) is 0 Å². The van der Waals surface area contributed by atoms with Crippen LogP contribution in [0.25, 0.3) is 0 Å². The molecule has 0 radical (unpaired) electrons. The number of fused-ring (bicyclic) bond motifs is 6. The van der Waals surface area contributed by atoms with Gasteiger partial charge in [-0.2, -0.15) is 0 Å². The third-order valence-electron chi connectivity index (χ3n) is 8.64. The van der Waals surface area contributed by atoms with Crippen molar-refractivity contribution in [3.63, 3.8) is 0 Å². The van der Waals surface area contributed by atoms with Gasteiger partial charge in [0.2, 0.25) is 0 Å². The Morgan fingerprint density at radius 1 is 1.16 bits per heavy atom. The van der Waals surface area contributed by atoms with E-state index in [0.717, 1.165) is 57.0 Å². The average molecular weight is 338 g/mol. The van der Waals surface area contributed by atoms with Crippen molar-refractivity contribution >= 4 is 5.78 Å². The molecule has 3 saturated carbocycles. The molecule has 1 aliphatic heterocycles. The quantitative estimate of drug-likeness (QED) is 0.580. The molecule has 0 N–H and O–H groups in total. The van der Waals surface area contributed by atoms with Crippen LogP contribution in [0.5, 0.6) is 0 Å². The second-order valence-corrected chi connectivity index (χ2v) is 9.49. The minimum absolute atomic E-state index is 0.0930. The first-order valence-electron chi connectivity index (χ1n) is 10.2. The molecule has 0 aromatic carbocycles. The summed E-state index contributed by atoms with van der Waals surface area (Å²) in [4.78, 5) is 11.9. The summed E-state index contributed by atoms with van der Waals surface area (Å²) in [5.74, 6) is 2.95. The fourth-order valence-electron chi connectivity index (χ4n) is 7.67. The first-order valence-corrected chi connectivity index (χ1v) is 10.2. The number of carbonyl (C=O) groups is 1. The monoisotopic (exact) mass is 338 g/mol. The number of hydrogen-bond acceptors (Lipinski definition) is 2. The highest BCUT2D eigenvalue weighted by Crippen LogP contribution is 2.69. The van der Waals surface area contributed by atoms with E-state index in [1.54, 1.807) is 0 Å². The van der Waals surface area contributed by atoms with Crippen LogP contribution in [-0.4, -0.2) is 18.0 Å². The van der Waals surface area contributed by atoms with Crippen LogP contribution in [0.4, 0.5) is 0 Å². The van der Waals surface area contributed by atoms with Crippen LogP contribution in [0.3, 0.4) is 0 Å². The third kappa shape index (κ3) is 1.92. The largest absolute Gasteiger partial charge is 0.370 e. The van der Waals surface area contributed by atoms with Gasteiger partial charge in [0.25, 0.3) is 0 Å². The van der Waals surface area contributed by atoms with Gasteiger partial charge in [-0.1, -0.05) is 31.2 Å². The predicted molar refractivity (Wildman–Crippen MR) is 99.1 cm³/mol. The summed E-state index contributed by atoms with van der Waals surface area (Å²) in [6.45, 7) is 12.3. The van der Waals surface area contributed by atoms with E-state index in [0.29, 0.717) is 17.6 Å². The zero-order valence-electron chi connectivity index (χ0n) is 15.5. The van der Waals surface area contributed by atoms with Crippen molar-refractivity contribution < 1.29 is 9.53 Å². The van der Waals surface area contributed by atoms with Gasteiger partial charge in [0.05, 0.1) is 12.2 Å². The molecule has 5 rings (SSSR count). The van der Waals surface area contributed by atoms with E-state index in [2.05, 4.69) is 20.1 Å². The number of allylic oxidation sites excluding steroid dienone is 2. The standard InChI is InChI=1S/C23H30O2/c1-14-13-22(3)20(8-10-23(22)15(2)9-11-25-23)19-6-4-16-12-17(24)5-7-18(16)21(14)19/h12,18-21H,1-2,4-11,13H2,3H3/t18-,19-,20-,21+,22-,23+/m0/s1. The molecule has 6 atom stereocenters. The molecule has 5 aliphatic rings. The van der Waals surface area contributed by atoms with Crippen molar-refractivity contribution in [1.29, 1.82) is 0 Å². The molecule has 25 heavy (non-hydrogen) atoms. The van der Waals surface area contributed by atoms with Crippen LogP contribution in [-0.2, 0) is 9.53 Å². The van der Waals surface area contributed by atoms with Gasteiger partial charge in [-0.05, 0) is 80.3 Å². The predicted octanol–water partition coefficient (Wildman–Crippen LogP) is 5.01. The molecule has 1 spiro atoms. The number of ketones is 1. The van der Waals surface area contributed by atoms with Gasteiger partial charge in [0, 0.05) is 11.8 Å². The lowest BCUT2D eigenvalue weighted by atomic mass is 9.49. The maximum absolute atomic E-state index is 11.9. The second-order valence-electron chi connectivity index (χ2n) is 9.49. The summed E-state index contributed by atoms with van der Waals surface area (Å²) in [6.07, 6.45) is 10.6. The molecular formula is C23H30O2. The minimum atomic E-state index is -0.0930. The van der Waals surface area contributed by atoms with Crippen LogP contribution in [0.15, 0.2) is 36.0 Å². The molecule has 0 unspecified atom stereocenters. The summed E-state index contributed by atoms with van der Waals surface area (Å²) in [6, 6.07) is 0. The normalized spacial score (nSPS) is 49.0. The molecule has 2 heteroatoms. The Balaban J connectivity index is 1.53. The van der Waals surface area contributed by atoms with E-state index in [1.807, 2.05) is 6.08 Å². The number of carbonyl (C=O) groups excluding carboxylic acids is 1. The molecule has 1 saturated heterocycles. The van der Waals surface area contributed by atoms with Crippen molar-refractivity contribution in [2.45, 2.75) is 63.9 Å². The van der Waals surface area contributed by atoms with Crippen molar-refractivity contribution in [1.82, 2.24) is 0 Å². The summed E-state index contributed by atoms with van der Waals surface area (Å²) in [7, 11) is 0. The van der Waals surface area contributed by atoms with Crippen LogP contribution in [0.1, 0.15) is 58.3 Å². The molecule has 1 heterocycles. The molecule has 0 aromatic rings. The Morgan fingerprint density at radius 3 is 2.76 bits per heavy atom. The molecular weight excluding hydrogens is 308 g/mol. The second kappa shape index (κ2) is 5.19. The first-order chi connectivity index (χ1) is 12.0. The number of rotatable bonds is 0. The van der Waals surface area contributed by atoms with Gasteiger partial charge in [0.1, 0.15) is 0 Å². The maximum Gasteiger partial charge on any atom is 0.155 e. The number of ether oxygens (including phenoxy) is 1. The van der Waals surface area contributed by atoms with Gasteiger partial charge in [-0.15, -0.1) is 0 Å². The lowest BCUT2D eigenvalue weighted by molar-refractivity contribution is -0.116. The zero-order chi connectivity index (χ0) is 17.4. The minimum Gasteiger partial charge on any atom is -0.370 e. The zero-order valence-corrected chi connectivity index (χ0v) is 15.5. The topological polar surface area (TPSA) is 26.3 Å². The van der Waals surface area contributed by atoms with Crippen molar-refractivity contribution in [3.8, 4) is 0 Å². The fourth-order valence-corrected chi connectivity index (χ4v) is 7.67. The van der Waals surface area contributed by atoms with Crippen molar-refractivity contribution in [3.05, 3.63) is 36.0 Å². The lowest BCUT2D eigenvalue weighted by Crippen LogP contribution is -2.53. The molecule has 0 bridgehead atoms. The Bertz CT molecular complexity index is 701. The Hall–Kier alpha value is -1.15. The molecule has 0 amide bonds. The Labute approximate surface area is 151 Å². The Kier molecular flexibility index (Phi) is 3.33. The van der Waals surface area contributed by atoms with Gasteiger partial charge in [-0.3, -0.25) is 4.79 Å². The van der Waals surface area contributed by atoms with E-state index in [1.165, 1.54) is 29.6 Å². The van der Waals surface area contributed by atoms with Crippen molar-refractivity contribution in [2.75, 3.05) is 6.61 Å². The average Bonchev–Trinajstić information content (AvgIpc) is 3.09. The summed E-state index contributed by atoms with van der Waals surface area (Å²) >= 11 is 0.